The van der Waals surface area contributed by atoms with E-state index < -0.39 is 24.1 Å². The molecule has 0 spiro atoms. The van der Waals surface area contributed by atoms with Gasteiger partial charge in [-0.3, -0.25) is 4.79 Å². The predicted molar refractivity (Wildman–Crippen MR) is 143 cm³/mol. The zero-order valence-electron chi connectivity index (χ0n) is 21.3. The van der Waals surface area contributed by atoms with Gasteiger partial charge in [0.2, 0.25) is 0 Å². The summed E-state index contributed by atoms with van der Waals surface area (Å²) in [5.74, 6) is -3.52. The van der Waals surface area contributed by atoms with Crippen LogP contribution in [0.1, 0.15) is 47.1 Å². The van der Waals surface area contributed by atoms with Crippen molar-refractivity contribution in [3.8, 4) is 0 Å². The molecule has 3 rings (SSSR count). The lowest BCUT2D eigenvalue weighted by Crippen LogP contribution is -2.39. The van der Waals surface area contributed by atoms with Gasteiger partial charge in [-0.1, -0.05) is 6.08 Å². The van der Waals surface area contributed by atoms with E-state index in [9.17, 15) is 14.4 Å². The van der Waals surface area contributed by atoms with Crippen molar-refractivity contribution in [1.82, 2.24) is 4.90 Å². The molecule has 0 aromatic carbocycles. The molecule has 1 aliphatic rings. The molecular formula is C26H35NO8S2. The number of aliphatic carboxylic acids is 2. The van der Waals surface area contributed by atoms with Crippen LogP contribution in [0.3, 0.4) is 0 Å². The molecule has 1 saturated heterocycles. The third-order valence-electron chi connectivity index (χ3n) is 5.94. The van der Waals surface area contributed by atoms with Crippen LogP contribution in [-0.4, -0.2) is 81.7 Å². The molecule has 3 atom stereocenters. The maximum Gasteiger partial charge on any atom is 0.335 e. The van der Waals surface area contributed by atoms with Gasteiger partial charge in [-0.05, 0) is 80.6 Å². The highest BCUT2D eigenvalue weighted by atomic mass is 32.1. The lowest BCUT2D eigenvalue weighted by Gasteiger charge is -2.31. The molecule has 0 aliphatic carbocycles. The SMILES string of the molecule is CCOC(=O)[C@@H]1CCCN(CCC=C(c2sccc2C)c2sccc2C)C1.O=C(O)C(O)C(O)C(=O)O. The van der Waals surface area contributed by atoms with Crippen molar-refractivity contribution in [2.75, 3.05) is 26.2 Å². The number of ether oxygens (including phenoxy) is 1. The quantitative estimate of drug-likeness (QED) is 0.325. The number of carbonyl (C=O) groups excluding carboxylic acids is 1. The Balaban J connectivity index is 0.000000410. The Morgan fingerprint density at radius 2 is 1.59 bits per heavy atom. The van der Waals surface area contributed by atoms with Crippen molar-refractivity contribution in [1.29, 1.82) is 0 Å². The van der Waals surface area contributed by atoms with Gasteiger partial charge in [0.25, 0.3) is 0 Å². The van der Waals surface area contributed by atoms with Gasteiger partial charge >= 0.3 is 17.9 Å². The first-order chi connectivity index (χ1) is 17.6. The molecule has 4 N–H and O–H groups in total. The predicted octanol–water partition coefficient (Wildman–Crippen LogP) is 3.40. The van der Waals surface area contributed by atoms with Gasteiger partial charge < -0.3 is 30.1 Å². The van der Waals surface area contributed by atoms with Crippen LogP contribution in [0.5, 0.6) is 0 Å². The Morgan fingerprint density at radius 3 is 2.03 bits per heavy atom. The van der Waals surface area contributed by atoms with E-state index in [4.69, 9.17) is 25.2 Å². The summed E-state index contributed by atoms with van der Waals surface area (Å²) in [6.45, 7) is 9.64. The molecule has 2 aromatic heterocycles. The smallest absolute Gasteiger partial charge is 0.335 e. The number of carbonyl (C=O) groups is 3. The van der Waals surface area contributed by atoms with Gasteiger partial charge in [-0.15, -0.1) is 22.7 Å². The topological polar surface area (TPSA) is 145 Å². The summed E-state index contributed by atoms with van der Waals surface area (Å²) in [5.41, 5.74) is 4.06. The Labute approximate surface area is 224 Å². The molecule has 11 heteroatoms. The molecule has 9 nitrogen and oxygen atoms in total. The number of thiophene rings is 2. The summed E-state index contributed by atoms with van der Waals surface area (Å²) in [4.78, 5) is 36.8. The van der Waals surface area contributed by atoms with Crippen molar-refractivity contribution >= 4 is 46.2 Å². The molecule has 37 heavy (non-hydrogen) atoms. The lowest BCUT2D eigenvalue weighted by molar-refractivity contribution is -0.165. The first kappa shape index (κ1) is 30.7. The molecule has 0 amide bonds. The van der Waals surface area contributed by atoms with E-state index in [-0.39, 0.29) is 11.9 Å². The van der Waals surface area contributed by atoms with E-state index in [2.05, 4.69) is 47.7 Å². The van der Waals surface area contributed by atoms with Crippen LogP contribution in [0, 0.1) is 19.8 Å². The summed E-state index contributed by atoms with van der Waals surface area (Å²) < 4.78 is 5.22. The fourth-order valence-corrected chi connectivity index (χ4v) is 5.97. The highest BCUT2D eigenvalue weighted by Crippen LogP contribution is 2.35. The van der Waals surface area contributed by atoms with Gasteiger partial charge in [-0.2, -0.15) is 0 Å². The molecule has 1 aliphatic heterocycles. The summed E-state index contributed by atoms with van der Waals surface area (Å²) in [5, 5.41) is 36.9. The first-order valence-electron chi connectivity index (χ1n) is 12.1. The van der Waals surface area contributed by atoms with Gasteiger partial charge in [0.1, 0.15) is 0 Å². The zero-order chi connectivity index (χ0) is 27.5. The molecule has 0 radical (unpaired) electrons. The van der Waals surface area contributed by atoms with Gasteiger partial charge in [0, 0.05) is 28.4 Å². The molecule has 0 saturated carbocycles. The van der Waals surface area contributed by atoms with Crippen LogP contribution in [-0.2, 0) is 19.1 Å². The van der Waals surface area contributed by atoms with Crippen LogP contribution in [0.25, 0.3) is 5.57 Å². The maximum atomic E-state index is 12.1. The molecule has 3 heterocycles. The second-order valence-electron chi connectivity index (χ2n) is 8.73. The van der Waals surface area contributed by atoms with E-state index in [1.807, 2.05) is 29.6 Å². The molecule has 0 bridgehead atoms. The minimum Gasteiger partial charge on any atom is -0.479 e. The maximum absolute atomic E-state index is 12.1. The van der Waals surface area contributed by atoms with Gasteiger partial charge in [0.15, 0.2) is 12.2 Å². The van der Waals surface area contributed by atoms with Crippen LogP contribution < -0.4 is 0 Å². The van der Waals surface area contributed by atoms with Crippen LogP contribution in [0.2, 0.25) is 0 Å². The van der Waals surface area contributed by atoms with E-state index in [1.165, 1.54) is 26.5 Å². The third-order valence-corrected chi connectivity index (χ3v) is 8.04. The van der Waals surface area contributed by atoms with Crippen LogP contribution >= 0.6 is 22.7 Å². The average molecular weight is 554 g/mol. The van der Waals surface area contributed by atoms with E-state index in [0.29, 0.717) is 6.61 Å². The molecule has 204 valence electrons. The van der Waals surface area contributed by atoms with Crippen LogP contribution in [0.15, 0.2) is 29.0 Å². The summed E-state index contributed by atoms with van der Waals surface area (Å²) in [6.07, 6.45) is 0.897. The number of esters is 1. The Hall–Kier alpha value is -2.57. The largest absolute Gasteiger partial charge is 0.479 e. The summed E-state index contributed by atoms with van der Waals surface area (Å²) in [6, 6.07) is 4.40. The molecule has 2 aromatic rings. The number of aryl methyl sites for hydroxylation is 2. The first-order valence-corrected chi connectivity index (χ1v) is 13.8. The Bertz CT molecular complexity index is 1020. The highest BCUT2D eigenvalue weighted by Gasteiger charge is 2.29. The van der Waals surface area contributed by atoms with Crippen molar-refractivity contribution in [2.24, 2.45) is 5.92 Å². The number of hydrogen-bond donors (Lipinski definition) is 4. The average Bonchev–Trinajstić information content (AvgIpc) is 3.49. The lowest BCUT2D eigenvalue weighted by atomic mass is 9.98. The Kier molecular flexibility index (Phi) is 12.4. The Morgan fingerprint density at radius 1 is 1.05 bits per heavy atom. The van der Waals surface area contributed by atoms with Crippen molar-refractivity contribution in [3.05, 3.63) is 49.9 Å². The van der Waals surface area contributed by atoms with E-state index in [0.717, 1.165) is 38.9 Å². The molecule has 2 unspecified atom stereocenters. The summed E-state index contributed by atoms with van der Waals surface area (Å²) >= 11 is 3.65. The highest BCUT2D eigenvalue weighted by molar-refractivity contribution is 7.14. The number of carboxylic acid groups (broad SMARTS) is 2. The van der Waals surface area contributed by atoms with Gasteiger partial charge in [0.05, 0.1) is 12.5 Å². The number of piperidine rings is 1. The number of aliphatic hydroxyl groups is 2. The second kappa shape index (κ2) is 15.0. The number of likely N-dealkylation sites (tertiary alicyclic amines) is 1. The van der Waals surface area contributed by atoms with Crippen LogP contribution in [0.4, 0.5) is 0 Å². The number of rotatable bonds is 10. The third kappa shape index (κ3) is 9.04. The fraction of sp³-hybridized carbons (Fsp3) is 0.500. The zero-order valence-corrected chi connectivity index (χ0v) is 22.9. The summed E-state index contributed by atoms with van der Waals surface area (Å²) in [7, 11) is 0. The monoisotopic (exact) mass is 553 g/mol. The molecular weight excluding hydrogens is 518 g/mol. The number of aliphatic hydroxyl groups excluding tert-OH is 2. The number of carboxylic acids is 2. The number of nitrogens with zero attached hydrogens (tertiary/aromatic N) is 1. The van der Waals surface area contributed by atoms with E-state index >= 15 is 0 Å². The standard InChI is InChI=1S/C22H29NO2S2.C4H6O6/c1-4-25-22(24)18-7-5-11-23(15-18)12-6-8-19(20-16(2)9-13-26-20)21-17(3)10-14-27-21;5-1(3(7)8)2(6)4(9)10/h8-10,13-14,18H,4-7,11-12,15H2,1-3H3;1-2,5-6H,(H,7,8)(H,9,10)/t18-;/m1./s1. The van der Waals surface area contributed by atoms with Crippen molar-refractivity contribution in [2.45, 2.75) is 52.2 Å². The second-order valence-corrected chi connectivity index (χ2v) is 10.6. The normalized spacial score (nSPS) is 17.2. The fourth-order valence-electron chi connectivity index (χ4n) is 3.96. The van der Waals surface area contributed by atoms with Gasteiger partial charge in [-0.25, -0.2) is 9.59 Å². The van der Waals surface area contributed by atoms with E-state index in [1.54, 1.807) is 0 Å². The molecule has 1 fully saturated rings. The minimum absolute atomic E-state index is 0.0261. The minimum atomic E-state index is -2.27. The van der Waals surface area contributed by atoms with Crippen molar-refractivity contribution < 1.29 is 39.5 Å². The van der Waals surface area contributed by atoms with Crippen molar-refractivity contribution in [3.63, 3.8) is 0 Å². The number of hydrogen-bond acceptors (Lipinski definition) is 9.